The number of rotatable bonds is 5. The Balaban J connectivity index is 1.24. The van der Waals surface area contributed by atoms with E-state index in [-0.39, 0.29) is 16.0 Å². The van der Waals surface area contributed by atoms with E-state index in [4.69, 9.17) is 11.6 Å². The highest BCUT2D eigenvalue weighted by atomic mass is 35.5. The molecule has 170 valence electrons. The fourth-order valence-corrected chi connectivity index (χ4v) is 7.96. The minimum Gasteiger partial charge on any atom is -0.326 e. The third kappa shape index (κ3) is 4.69. The van der Waals surface area contributed by atoms with Crippen LogP contribution in [-0.4, -0.2) is 36.7 Å². The van der Waals surface area contributed by atoms with Gasteiger partial charge in [0, 0.05) is 30.3 Å². The molecule has 0 bridgehead atoms. The van der Waals surface area contributed by atoms with E-state index >= 15 is 0 Å². The van der Waals surface area contributed by atoms with E-state index in [1.165, 1.54) is 10.4 Å². The van der Waals surface area contributed by atoms with Gasteiger partial charge in [-0.15, -0.1) is 22.7 Å². The van der Waals surface area contributed by atoms with Gasteiger partial charge in [0.2, 0.25) is 5.91 Å². The summed E-state index contributed by atoms with van der Waals surface area (Å²) in [5, 5.41) is 3.90. The van der Waals surface area contributed by atoms with Gasteiger partial charge in [-0.3, -0.25) is 4.79 Å². The van der Waals surface area contributed by atoms with Crippen molar-refractivity contribution in [1.82, 2.24) is 9.29 Å². The number of halogens is 1. The van der Waals surface area contributed by atoms with Crippen molar-refractivity contribution < 1.29 is 13.2 Å². The van der Waals surface area contributed by atoms with Gasteiger partial charge in [0.15, 0.2) is 0 Å². The number of thiophene rings is 1. The molecule has 4 aromatic rings. The summed E-state index contributed by atoms with van der Waals surface area (Å²) in [5.41, 5.74) is 2.61. The Morgan fingerprint density at radius 2 is 1.82 bits per heavy atom. The zero-order chi connectivity index (χ0) is 23.0. The highest BCUT2D eigenvalue weighted by Gasteiger charge is 2.33. The SMILES string of the molecule is O=C(Nc1cccc(-c2nc3ccccc3s2)c1)C1CCN(S(=O)(=O)c2ccc(Cl)s2)CC1. The molecule has 0 aliphatic carbocycles. The molecule has 1 fully saturated rings. The van der Waals surface area contributed by atoms with Crippen LogP contribution in [0.15, 0.2) is 64.9 Å². The Labute approximate surface area is 204 Å². The average Bonchev–Trinajstić information content (AvgIpc) is 3.46. The first-order valence-electron chi connectivity index (χ1n) is 10.4. The van der Waals surface area contributed by atoms with E-state index in [1.54, 1.807) is 17.4 Å². The third-order valence-corrected chi connectivity index (χ3v) is 10.3. The van der Waals surface area contributed by atoms with Crippen LogP contribution in [-0.2, 0) is 14.8 Å². The van der Waals surface area contributed by atoms with Crippen molar-refractivity contribution >= 4 is 66.1 Å². The minimum absolute atomic E-state index is 0.0901. The second-order valence-electron chi connectivity index (χ2n) is 7.79. The van der Waals surface area contributed by atoms with Gasteiger partial charge in [-0.2, -0.15) is 4.31 Å². The number of hydrogen-bond donors (Lipinski definition) is 1. The molecule has 0 atom stereocenters. The van der Waals surface area contributed by atoms with E-state index in [2.05, 4.69) is 10.3 Å². The molecule has 1 saturated heterocycles. The number of thiazole rings is 1. The second-order valence-corrected chi connectivity index (χ2v) is 12.7. The Hall–Kier alpha value is -2.30. The maximum Gasteiger partial charge on any atom is 0.252 e. The summed E-state index contributed by atoms with van der Waals surface area (Å²) in [7, 11) is -3.57. The Bertz CT molecular complexity index is 1390. The zero-order valence-corrected chi connectivity index (χ0v) is 20.6. The first-order valence-corrected chi connectivity index (χ1v) is 13.9. The molecule has 5 rings (SSSR count). The van der Waals surface area contributed by atoms with Crippen molar-refractivity contribution in [3.05, 3.63) is 65.0 Å². The van der Waals surface area contributed by atoms with Crippen LogP contribution >= 0.6 is 34.3 Å². The maximum absolute atomic E-state index is 12.9. The standard InChI is InChI=1S/C23H20ClN3O3S3/c24-20-8-9-21(32-20)33(29,30)27-12-10-15(11-13-27)22(28)25-17-5-3-4-16(14-17)23-26-18-6-1-2-7-19(18)31-23/h1-9,14-15H,10-13H2,(H,25,28). The lowest BCUT2D eigenvalue weighted by Crippen LogP contribution is -2.41. The van der Waals surface area contributed by atoms with Gasteiger partial charge >= 0.3 is 0 Å². The number of carbonyl (C=O) groups excluding carboxylic acids is 1. The fraction of sp³-hybridized carbons (Fsp3) is 0.217. The van der Waals surface area contributed by atoms with Crippen molar-refractivity contribution in [2.24, 2.45) is 5.92 Å². The summed E-state index contributed by atoms with van der Waals surface area (Å²) in [6.45, 7) is 0.614. The number of hydrogen-bond acceptors (Lipinski definition) is 6. The van der Waals surface area contributed by atoms with Crippen molar-refractivity contribution in [2.45, 2.75) is 17.1 Å². The lowest BCUT2D eigenvalue weighted by Gasteiger charge is -2.30. The fourth-order valence-electron chi connectivity index (χ4n) is 3.89. The molecule has 1 aliphatic heterocycles. The average molecular weight is 518 g/mol. The third-order valence-electron chi connectivity index (χ3n) is 5.64. The minimum atomic E-state index is -3.57. The summed E-state index contributed by atoms with van der Waals surface area (Å²) in [6.07, 6.45) is 0.948. The molecule has 1 amide bonds. The first-order chi connectivity index (χ1) is 15.9. The molecule has 0 unspecified atom stereocenters. The number of benzene rings is 2. The van der Waals surface area contributed by atoms with Gasteiger partial charge in [-0.25, -0.2) is 13.4 Å². The van der Waals surface area contributed by atoms with E-state index in [0.29, 0.717) is 36.0 Å². The second kappa shape index (κ2) is 9.15. The van der Waals surface area contributed by atoms with Crippen molar-refractivity contribution in [3.63, 3.8) is 0 Å². The van der Waals surface area contributed by atoms with Crippen molar-refractivity contribution in [2.75, 3.05) is 18.4 Å². The zero-order valence-electron chi connectivity index (χ0n) is 17.4. The highest BCUT2D eigenvalue weighted by molar-refractivity contribution is 7.91. The summed E-state index contributed by atoms with van der Waals surface area (Å²) >= 11 is 8.56. The molecule has 0 saturated carbocycles. The Morgan fingerprint density at radius 1 is 1.03 bits per heavy atom. The van der Waals surface area contributed by atoms with Crippen LogP contribution in [0.4, 0.5) is 5.69 Å². The Kier molecular flexibility index (Phi) is 6.24. The number of piperidine rings is 1. The Morgan fingerprint density at radius 3 is 2.55 bits per heavy atom. The number of anilines is 1. The van der Waals surface area contributed by atoms with Crippen LogP contribution in [0.25, 0.3) is 20.8 Å². The van der Waals surface area contributed by atoms with Gasteiger partial charge < -0.3 is 5.32 Å². The summed E-state index contributed by atoms with van der Waals surface area (Å²) in [4.78, 5) is 17.6. The number of aromatic nitrogens is 1. The first kappa shape index (κ1) is 22.5. The van der Waals surface area contributed by atoms with E-state index in [0.717, 1.165) is 32.1 Å². The van der Waals surface area contributed by atoms with E-state index < -0.39 is 10.0 Å². The van der Waals surface area contributed by atoms with E-state index in [9.17, 15) is 13.2 Å². The topological polar surface area (TPSA) is 79.4 Å². The predicted molar refractivity (Wildman–Crippen MR) is 134 cm³/mol. The van der Waals surface area contributed by atoms with Crippen LogP contribution in [0.3, 0.4) is 0 Å². The number of nitrogens with zero attached hydrogens (tertiary/aromatic N) is 2. The summed E-state index contributed by atoms with van der Waals surface area (Å²) in [5.74, 6) is -0.331. The summed E-state index contributed by atoms with van der Waals surface area (Å²) < 4.78 is 28.8. The van der Waals surface area contributed by atoms with Gasteiger partial charge in [0.05, 0.1) is 14.6 Å². The molecule has 2 aromatic heterocycles. The summed E-state index contributed by atoms with van der Waals surface area (Å²) in [6, 6.07) is 18.8. The van der Waals surface area contributed by atoms with Crippen LogP contribution in [0, 0.1) is 5.92 Å². The van der Waals surface area contributed by atoms with Gasteiger partial charge in [-0.1, -0.05) is 35.9 Å². The highest BCUT2D eigenvalue weighted by Crippen LogP contribution is 2.33. The molecule has 0 spiro atoms. The maximum atomic E-state index is 12.9. The smallest absolute Gasteiger partial charge is 0.252 e. The number of nitrogens with one attached hydrogen (secondary N) is 1. The lowest BCUT2D eigenvalue weighted by atomic mass is 9.97. The number of para-hydroxylation sites is 1. The molecule has 1 aliphatic rings. The number of amides is 1. The van der Waals surface area contributed by atoms with Crippen LogP contribution in [0.1, 0.15) is 12.8 Å². The molecule has 6 nitrogen and oxygen atoms in total. The molecular formula is C23H20ClN3O3S3. The van der Waals surface area contributed by atoms with Crippen molar-refractivity contribution in [1.29, 1.82) is 0 Å². The van der Waals surface area contributed by atoms with Gasteiger partial charge in [0.1, 0.15) is 9.22 Å². The molecular weight excluding hydrogens is 498 g/mol. The van der Waals surface area contributed by atoms with Gasteiger partial charge in [0.25, 0.3) is 10.0 Å². The molecule has 0 radical (unpaired) electrons. The molecule has 10 heteroatoms. The van der Waals surface area contributed by atoms with Crippen LogP contribution < -0.4 is 5.32 Å². The molecule has 33 heavy (non-hydrogen) atoms. The quantitative estimate of drug-likeness (QED) is 0.367. The molecule has 3 heterocycles. The molecule has 2 aromatic carbocycles. The monoisotopic (exact) mass is 517 g/mol. The lowest BCUT2D eigenvalue weighted by molar-refractivity contribution is -0.120. The van der Waals surface area contributed by atoms with E-state index in [1.807, 2.05) is 48.5 Å². The normalized spacial score (nSPS) is 15.7. The number of carbonyl (C=O) groups is 1. The molecule has 1 N–H and O–H groups in total. The number of fused-ring (bicyclic) bond motifs is 1. The van der Waals surface area contributed by atoms with Crippen LogP contribution in [0.5, 0.6) is 0 Å². The largest absolute Gasteiger partial charge is 0.326 e. The van der Waals surface area contributed by atoms with Crippen molar-refractivity contribution in [3.8, 4) is 10.6 Å². The van der Waals surface area contributed by atoms with Gasteiger partial charge in [-0.05, 0) is 49.2 Å². The predicted octanol–water partition coefficient (Wildman–Crippen LogP) is 5.72. The van der Waals surface area contributed by atoms with Crippen LogP contribution in [0.2, 0.25) is 4.34 Å². The number of sulfonamides is 1.